The summed E-state index contributed by atoms with van der Waals surface area (Å²) < 4.78 is 10.6. The first-order chi connectivity index (χ1) is 13.7. The molecule has 2 aromatic carbocycles. The Morgan fingerprint density at radius 2 is 1.96 bits per heavy atom. The second-order valence-electron chi connectivity index (χ2n) is 6.45. The number of benzene rings is 2. The molecule has 1 aliphatic rings. The number of hydrogen-bond acceptors (Lipinski definition) is 5. The maximum Gasteiger partial charge on any atom is 0.256 e. The van der Waals surface area contributed by atoms with Gasteiger partial charge < -0.3 is 19.7 Å². The number of halogens is 1. The van der Waals surface area contributed by atoms with Gasteiger partial charge in [0.15, 0.2) is 0 Å². The number of rotatable bonds is 4. The lowest BCUT2D eigenvalue weighted by Crippen LogP contribution is -2.37. The molecule has 0 atom stereocenters. The molecule has 1 fully saturated rings. The molecule has 28 heavy (non-hydrogen) atoms. The molecule has 7 heteroatoms. The smallest absolute Gasteiger partial charge is 0.256 e. The fraction of sp³-hybridized carbons (Fsp3) is 0.238. The van der Waals surface area contributed by atoms with E-state index in [2.05, 4.69) is 10.2 Å². The second kappa shape index (κ2) is 8.04. The van der Waals surface area contributed by atoms with Gasteiger partial charge in [-0.25, -0.2) is 4.98 Å². The van der Waals surface area contributed by atoms with E-state index in [-0.39, 0.29) is 5.91 Å². The molecule has 2 heterocycles. The fourth-order valence-electron chi connectivity index (χ4n) is 3.25. The summed E-state index contributed by atoms with van der Waals surface area (Å²) >= 11 is 6.18. The molecule has 6 nitrogen and oxygen atoms in total. The normalized spacial score (nSPS) is 14.1. The Hall–Kier alpha value is -2.83. The van der Waals surface area contributed by atoms with Crippen LogP contribution in [-0.2, 0) is 4.74 Å². The predicted molar refractivity (Wildman–Crippen MR) is 111 cm³/mol. The maximum atomic E-state index is 13.1. The van der Waals surface area contributed by atoms with Gasteiger partial charge >= 0.3 is 0 Å². The van der Waals surface area contributed by atoms with Crippen LogP contribution in [-0.4, -0.2) is 44.3 Å². The van der Waals surface area contributed by atoms with Gasteiger partial charge in [0.05, 0.1) is 36.4 Å². The van der Waals surface area contributed by atoms with Crippen LogP contribution in [0, 0.1) is 0 Å². The molecule has 1 N–H and O–H groups in total. The average molecular weight is 398 g/mol. The first-order valence-corrected chi connectivity index (χ1v) is 9.41. The van der Waals surface area contributed by atoms with Crippen LogP contribution in [0.3, 0.4) is 0 Å². The van der Waals surface area contributed by atoms with Crippen molar-refractivity contribution in [1.82, 2.24) is 4.98 Å². The standard InChI is InChI=1S/C21H20ClN3O3/c1-27-19-7-6-14(12-17(19)22)23-21(26)16-13-20(25-8-10-28-11-9-25)24-18-5-3-2-4-15(16)18/h2-7,12-13H,8-11H2,1H3,(H,23,26). The van der Waals surface area contributed by atoms with Crippen LogP contribution in [0.4, 0.5) is 11.5 Å². The number of nitrogens with one attached hydrogen (secondary N) is 1. The van der Waals surface area contributed by atoms with Gasteiger partial charge in [-0.15, -0.1) is 0 Å². The highest BCUT2D eigenvalue weighted by Crippen LogP contribution is 2.29. The summed E-state index contributed by atoms with van der Waals surface area (Å²) in [5.41, 5.74) is 1.95. The zero-order valence-electron chi connectivity index (χ0n) is 15.4. The summed E-state index contributed by atoms with van der Waals surface area (Å²) in [6.07, 6.45) is 0. The van der Waals surface area contributed by atoms with Gasteiger partial charge in [0, 0.05) is 24.2 Å². The van der Waals surface area contributed by atoms with E-state index in [1.807, 2.05) is 30.3 Å². The first kappa shape index (κ1) is 18.5. The third kappa shape index (κ3) is 3.74. The molecule has 0 unspecified atom stereocenters. The van der Waals surface area contributed by atoms with Crippen LogP contribution in [0.2, 0.25) is 5.02 Å². The third-order valence-corrected chi connectivity index (χ3v) is 4.99. The molecule has 0 spiro atoms. The lowest BCUT2D eigenvalue weighted by Gasteiger charge is -2.28. The number of anilines is 2. The largest absolute Gasteiger partial charge is 0.495 e. The highest BCUT2D eigenvalue weighted by atomic mass is 35.5. The average Bonchev–Trinajstić information content (AvgIpc) is 2.73. The number of hydrogen-bond donors (Lipinski definition) is 1. The van der Waals surface area contributed by atoms with E-state index >= 15 is 0 Å². The fourth-order valence-corrected chi connectivity index (χ4v) is 3.50. The van der Waals surface area contributed by atoms with E-state index in [0.717, 1.165) is 29.8 Å². The number of nitrogens with zero attached hydrogens (tertiary/aromatic N) is 2. The highest BCUT2D eigenvalue weighted by Gasteiger charge is 2.18. The molecule has 0 saturated carbocycles. The number of para-hydroxylation sites is 1. The Kier molecular flexibility index (Phi) is 5.32. The summed E-state index contributed by atoms with van der Waals surface area (Å²) in [6.45, 7) is 2.81. The van der Waals surface area contributed by atoms with Crippen LogP contribution >= 0.6 is 11.6 Å². The third-order valence-electron chi connectivity index (χ3n) is 4.69. The lowest BCUT2D eigenvalue weighted by atomic mass is 10.1. The van der Waals surface area contributed by atoms with Crippen molar-refractivity contribution in [2.75, 3.05) is 43.6 Å². The highest BCUT2D eigenvalue weighted by molar-refractivity contribution is 6.32. The molecule has 0 bridgehead atoms. The Morgan fingerprint density at radius 3 is 2.71 bits per heavy atom. The van der Waals surface area contributed by atoms with Crippen molar-refractivity contribution < 1.29 is 14.3 Å². The molecule has 0 aliphatic carbocycles. The summed E-state index contributed by atoms with van der Waals surface area (Å²) in [5, 5.41) is 4.16. The maximum absolute atomic E-state index is 13.1. The number of fused-ring (bicyclic) bond motifs is 1. The van der Waals surface area contributed by atoms with Crippen LogP contribution in [0.1, 0.15) is 10.4 Å². The van der Waals surface area contributed by atoms with Gasteiger partial charge in [-0.1, -0.05) is 29.8 Å². The van der Waals surface area contributed by atoms with Crippen molar-refractivity contribution in [3.63, 3.8) is 0 Å². The van der Waals surface area contributed by atoms with Crippen molar-refractivity contribution in [3.05, 3.63) is 59.1 Å². The van der Waals surface area contributed by atoms with Crippen LogP contribution in [0.25, 0.3) is 10.9 Å². The first-order valence-electron chi connectivity index (χ1n) is 9.03. The minimum atomic E-state index is -0.214. The second-order valence-corrected chi connectivity index (χ2v) is 6.86. The molecule has 1 amide bonds. The van der Waals surface area contributed by atoms with Gasteiger partial charge in [-0.2, -0.15) is 0 Å². The van der Waals surface area contributed by atoms with E-state index < -0.39 is 0 Å². The molecule has 4 rings (SSSR count). The molecule has 144 valence electrons. The Balaban J connectivity index is 1.69. The summed E-state index contributed by atoms with van der Waals surface area (Å²) in [5.74, 6) is 1.12. The van der Waals surface area contributed by atoms with Crippen molar-refractivity contribution in [2.24, 2.45) is 0 Å². The molecule has 1 aliphatic heterocycles. The van der Waals surface area contributed by atoms with E-state index in [4.69, 9.17) is 26.1 Å². The van der Waals surface area contributed by atoms with Gasteiger partial charge in [-0.3, -0.25) is 4.79 Å². The minimum absolute atomic E-state index is 0.214. The van der Waals surface area contributed by atoms with Crippen LogP contribution in [0.5, 0.6) is 5.75 Å². The van der Waals surface area contributed by atoms with Gasteiger partial charge in [0.2, 0.25) is 0 Å². The quantitative estimate of drug-likeness (QED) is 0.721. The lowest BCUT2D eigenvalue weighted by molar-refractivity contribution is 0.102. The zero-order valence-corrected chi connectivity index (χ0v) is 16.2. The molecule has 1 saturated heterocycles. The Bertz CT molecular complexity index is 1020. The minimum Gasteiger partial charge on any atom is -0.495 e. The number of pyridine rings is 1. The molecular formula is C21H20ClN3O3. The van der Waals surface area contributed by atoms with Gasteiger partial charge in [0.1, 0.15) is 11.6 Å². The molecule has 3 aromatic rings. The van der Waals surface area contributed by atoms with Crippen molar-refractivity contribution >= 4 is 39.9 Å². The number of ether oxygens (including phenoxy) is 2. The van der Waals surface area contributed by atoms with Crippen LogP contribution < -0.4 is 15.0 Å². The monoisotopic (exact) mass is 397 g/mol. The topological polar surface area (TPSA) is 63.7 Å². The summed E-state index contributed by atoms with van der Waals surface area (Å²) in [7, 11) is 1.55. The number of amides is 1. The van der Waals surface area contributed by atoms with Gasteiger partial charge in [-0.05, 0) is 30.3 Å². The van der Waals surface area contributed by atoms with E-state index in [1.54, 1.807) is 25.3 Å². The Labute approximate surface area is 168 Å². The molecule has 0 radical (unpaired) electrons. The molecular weight excluding hydrogens is 378 g/mol. The van der Waals surface area contributed by atoms with Crippen molar-refractivity contribution in [1.29, 1.82) is 0 Å². The number of morpholine rings is 1. The summed E-state index contributed by atoms with van der Waals surface area (Å²) in [6, 6.07) is 14.6. The number of aromatic nitrogens is 1. The zero-order chi connectivity index (χ0) is 19.5. The SMILES string of the molecule is COc1ccc(NC(=O)c2cc(N3CCOCC3)nc3ccccc23)cc1Cl. The number of carbonyl (C=O) groups is 1. The van der Waals surface area contributed by atoms with Gasteiger partial charge in [0.25, 0.3) is 5.91 Å². The van der Waals surface area contributed by atoms with E-state index in [0.29, 0.717) is 35.2 Å². The molecule has 1 aromatic heterocycles. The summed E-state index contributed by atoms with van der Waals surface area (Å²) in [4.78, 5) is 19.9. The van der Waals surface area contributed by atoms with E-state index in [9.17, 15) is 4.79 Å². The van der Waals surface area contributed by atoms with Crippen molar-refractivity contribution in [3.8, 4) is 5.75 Å². The Morgan fingerprint density at radius 1 is 1.18 bits per heavy atom. The predicted octanol–water partition coefficient (Wildman–Crippen LogP) is 3.99. The van der Waals surface area contributed by atoms with Crippen LogP contribution in [0.15, 0.2) is 48.5 Å². The number of carbonyl (C=O) groups excluding carboxylic acids is 1. The van der Waals surface area contributed by atoms with E-state index in [1.165, 1.54) is 0 Å². The van der Waals surface area contributed by atoms with Crippen molar-refractivity contribution in [2.45, 2.75) is 0 Å². The number of methoxy groups -OCH3 is 1.